The Hall–Kier alpha value is -2.40. The van der Waals surface area contributed by atoms with Crippen molar-refractivity contribution in [1.29, 1.82) is 0 Å². The van der Waals surface area contributed by atoms with Crippen molar-refractivity contribution in [2.75, 3.05) is 13.7 Å². The standard InChI is InChI=1S/C21H23FN2O2/c1-26-19-8-7-15(11-18(19)22)14-24-10-4-9-21(24)12-16-5-2-3-6-17(16)13-23-20(21)25/h2-3,5-8,11H,4,9-10,12-14H2,1H3,(H,23,25). The van der Waals surface area contributed by atoms with Gasteiger partial charge in [-0.15, -0.1) is 0 Å². The number of halogens is 1. The summed E-state index contributed by atoms with van der Waals surface area (Å²) in [5.41, 5.74) is 2.71. The summed E-state index contributed by atoms with van der Waals surface area (Å²) in [6.45, 7) is 1.96. The topological polar surface area (TPSA) is 41.6 Å². The highest BCUT2D eigenvalue weighted by Gasteiger charge is 2.48. The van der Waals surface area contributed by atoms with Crippen molar-refractivity contribution >= 4 is 5.91 Å². The lowest BCUT2D eigenvalue weighted by molar-refractivity contribution is -0.132. The predicted molar refractivity (Wildman–Crippen MR) is 97.3 cm³/mol. The number of carbonyl (C=O) groups is 1. The fraction of sp³-hybridized carbons (Fsp3) is 0.381. The first kappa shape index (κ1) is 17.0. The normalized spacial score (nSPS) is 22.8. The van der Waals surface area contributed by atoms with Crippen LogP contribution in [0.3, 0.4) is 0 Å². The Bertz CT molecular complexity index is 839. The Morgan fingerprint density at radius 1 is 1.23 bits per heavy atom. The largest absolute Gasteiger partial charge is 0.494 e. The third kappa shape index (κ3) is 2.86. The Balaban J connectivity index is 1.64. The van der Waals surface area contributed by atoms with Crippen LogP contribution in [0.5, 0.6) is 5.75 Å². The van der Waals surface area contributed by atoms with E-state index in [1.54, 1.807) is 6.07 Å². The molecule has 0 aliphatic carbocycles. The third-order valence-electron chi connectivity index (χ3n) is 5.68. The van der Waals surface area contributed by atoms with E-state index in [1.807, 2.05) is 18.2 Å². The molecule has 4 rings (SSSR count). The van der Waals surface area contributed by atoms with Gasteiger partial charge in [-0.3, -0.25) is 9.69 Å². The lowest BCUT2D eigenvalue weighted by Crippen LogP contribution is -2.55. The first-order chi connectivity index (χ1) is 12.6. The van der Waals surface area contributed by atoms with E-state index in [9.17, 15) is 9.18 Å². The van der Waals surface area contributed by atoms with Crippen LogP contribution in [-0.2, 0) is 24.3 Å². The molecule has 1 spiro atoms. The first-order valence-corrected chi connectivity index (χ1v) is 9.05. The van der Waals surface area contributed by atoms with Gasteiger partial charge in [0.2, 0.25) is 5.91 Å². The molecule has 0 radical (unpaired) electrons. The zero-order valence-corrected chi connectivity index (χ0v) is 14.9. The number of ether oxygens (including phenoxy) is 1. The minimum absolute atomic E-state index is 0.0835. The molecule has 1 atom stereocenters. The van der Waals surface area contributed by atoms with Gasteiger partial charge in [-0.05, 0) is 48.2 Å². The van der Waals surface area contributed by atoms with Crippen molar-refractivity contribution in [2.45, 2.75) is 37.9 Å². The molecule has 1 N–H and O–H groups in total. The number of fused-ring (bicyclic) bond motifs is 1. The lowest BCUT2D eigenvalue weighted by Gasteiger charge is -2.36. The molecule has 1 fully saturated rings. The van der Waals surface area contributed by atoms with Gasteiger partial charge in [0.15, 0.2) is 11.6 Å². The molecule has 1 amide bonds. The second kappa shape index (κ2) is 6.72. The molecule has 0 aromatic heterocycles. The Kier molecular flexibility index (Phi) is 4.41. The van der Waals surface area contributed by atoms with E-state index in [1.165, 1.54) is 24.3 Å². The Morgan fingerprint density at radius 2 is 2.04 bits per heavy atom. The molecule has 2 aromatic carbocycles. The predicted octanol–water partition coefficient (Wildman–Crippen LogP) is 3.04. The Morgan fingerprint density at radius 3 is 2.81 bits per heavy atom. The molecule has 2 heterocycles. The van der Waals surface area contributed by atoms with E-state index in [0.717, 1.165) is 24.9 Å². The van der Waals surface area contributed by atoms with Crippen LogP contribution >= 0.6 is 0 Å². The quantitative estimate of drug-likeness (QED) is 0.921. The molecule has 1 unspecified atom stereocenters. The maximum absolute atomic E-state index is 14.1. The molecular formula is C21H23FN2O2. The van der Waals surface area contributed by atoms with E-state index in [4.69, 9.17) is 4.74 Å². The summed E-state index contributed by atoms with van der Waals surface area (Å²) < 4.78 is 19.1. The lowest BCUT2D eigenvalue weighted by atomic mass is 9.86. The number of likely N-dealkylation sites (tertiary alicyclic amines) is 1. The van der Waals surface area contributed by atoms with Gasteiger partial charge in [0.25, 0.3) is 0 Å². The fourth-order valence-electron chi connectivity index (χ4n) is 4.29. The van der Waals surface area contributed by atoms with E-state index in [-0.39, 0.29) is 17.5 Å². The van der Waals surface area contributed by atoms with Crippen LogP contribution in [0, 0.1) is 5.82 Å². The van der Waals surface area contributed by atoms with Crippen LogP contribution in [0.15, 0.2) is 42.5 Å². The minimum Gasteiger partial charge on any atom is -0.494 e. The fourth-order valence-corrected chi connectivity index (χ4v) is 4.29. The number of nitrogens with zero attached hydrogens (tertiary/aromatic N) is 1. The van der Waals surface area contributed by atoms with Gasteiger partial charge in [-0.2, -0.15) is 0 Å². The van der Waals surface area contributed by atoms with Crippen LogP contribution in [-0.4, -0.2) is 30.0 Å². The summed E-state index contributed by atoms with van der Waals surface area (Å²) in [5.74, 6) is -0.0416. The van der Waals surface area contributed by atoms with Gasteiger partial charge in [0, 0.05) is 19.5 Å². The molecule has 26 heavy (non-hydrogen) atoms. The van der Waals surface area contributed by atoms with Gasteiger partial charge in [0.05, 0.1) is 7.11 Å². The molecule has 2 aliphatic heterocycles. The van der Waals surface area contributed by atoms with E-state index < -0.39 is 5.54 Å². The van der Waals surface area contributed by atoms with Crippen molar-refractivity contribution in [3.63, 3.8) is 0 Å². The van der Waals surface area contributed by atoms with Crippen molar-refractivity contribution in [2.24, 2.45) is 0 Å². The minimum atomic E-state index is -0.553. The molecule has 2 aliphatic rings. The number of methoxy groups -OCH3 is 1. The molecule has 0 saturated carbocycles. The molecule has 0 bridgehead atoms. The molecule has 2 aromatic rings. The average molecular weight is 354 g/mol. The van der Waals surface area contributed by atoms with Crippen molar-refractivity contribution < 1.29 is 13.9 Å². The zero-order valence-electron chi connectivity index (χ0n) is 14.9. The van der Waals surface area contributed by atoms with Gasteiger partial charge < -0.3 is 10.1 Å². The number of benzene rings is 2. The number of rotatable bonds is 3. The zero-order chi connectivity index (χ0) is 18.1. The Labute approximate surface area is 153 Å². The van der Waals surface area contributed by atoms with Crippen molar-refractivity contribution in [1.82, 2.24) is 10.2 Å². The summed E-state index contributed by atoms with van der Waals surface area (Å²) in [7, 11) is 1.46. The summed E-state index contributed by atoms with van der Waals surface area (Å²) in [6, 6.07) is 13.3. The smallest absolute Gasteiger partial charge is 0.241 e. The van der Waals surface area contributed by atoms with Crippen LogP contribution in [0.25, 0.3) is 0 Å². The molecule has 4 nitrogen and oxygen atoms in total. The van der Waals surface area contributed by atoms with Crippen molar-refractivity contribution in [3.05, 3.63) is 65.0 Å². The molecule has 5 heteroatoms. The summed E-state index contributed by atoms with van der Waals surface area (Å²) in [6.07, 6.45) is 2.49. The highest BCUT2D eigenvalue weighted by Crippen LogP contribution is 2.37. The summed E-state index contributed by atoms with van der Waals surface area (Å²) in [5, 5.41) is 3.10. The SMILES string of the molecule is COc1ccc(CN2CCCC23Cc2ccccc2CNC3=O)cc1F. The van der Waals surface area contributed by atoms with Crippen molar-refractivity contribution in [3.8, 4) is 5.75 Å². The van der Waals surface area contributed by atoms with Gasteiger partial charge in [0.1, 0.15) is 5.54 Å². The van der Waals surface area contributed by atoms with Crippen LogP contribution in [0.2, 0.25) is 0 Å². The average Bonchev–Trinajstić information content (AvgIpc) is 2.97. The monoisotopic (exact) mass is 354 g/mol. The van der Waals surface area contributed by atoms with Gasteiger partial charge >= 0.3 is 0 Å². The number of hydrogen-bond donors (Lipinski definition) is 1. The highest BCUT2D eigenvalue weighted by molar-refractivity contribution is 5.87. The molecule has 1 saturated heterocycles. The number of carbonyl (C=O) groups excluding carboxylic acids is 1. The van der Waals surface area contributed by atoms with Crippen LogP contribution in [0.4, 0.5) is 4.39 Å². The number of amides is 1. The number of nitrogens with one attached hydrogen (secondary N) is 1. The second-order valence-corrected chi connectivity index (χ2v) is 7.15. The highest BCUT2D eigenvalue weighted by atomic mass is 19.1. The molecule has 136 valence electrons. The third-order valence-corrected chi connectivity index (χ3v) is 5.68. The van der Waals surface area contributed by atoms with Crippen LogP contribution < -0.4 is 10.1 Å². The number of hydrogen-bond acceptors (Lipinski definition) is 3. The summed E-state index contributed by atoms with van der Waals surface area (Å²) in [4.78, 5) is 15.2. The first-order valence-electron chi connectivity index (χ1n) is 9.05. The van der Waals surface area contributed by atoms with E-state index in [2.05, 4.69) is 22.3 Å². The molecular weight excluding hydrogens is 331 g/mol. The second-order valence-electron chi connectivity index (χ2n) is 7.15. The van der Waals surface area contributed by atoms with Gasteiger partial charge in [-0.1, -0.05) is 30.3 Å². The van der Waals surface area contributed by atoms with Crippen LogP contribution in [0.1, 0.15) is 29.5 Å². The summed E-state index contributed by atoms with van der Waals surface area (Å²) >= 11 is 0. The maximum atomic E-state index is 14.1. The van der Waals surface area contributed by atoms with Gasteiger partial charge in [-0.25, -0.2) is 4.39 Å². The maximum Gasteiger partial charge on any atom is 0.241 e. The van der Waals surface area contributed by atoms with E-state index in [0.29, 0.717) is 19.5 Å². The van der Waals surface area contributed by atoms with E-state index >= 15 is 0 Å².